The number of nitrogens with one attached hydrogen (secondary N) is 1. The molecule has 0 amide bonds. The van der Waals surface area contributed by atoms with Gasteiger partial charge in [0.05, 0.1) is 10.5 Å². The molecule has 0 fully saturated rings. The van der Waals surface area contributed by atoms with Crippen LogP contribution in [0.3, 0.4) is 0 Å². The van der Waals surface area contributed by atoms with E-state index in [9.17, 15) is 36.5 Å². The lowest BCUT2D eigenvalue weighted by molar-refractivity contribution is -0.385. The van der Waals surface area contributed by atoms with Crippen molar-refractivity contribution < 1.29 is 31.3 Å². The van der Waals surface area contributed by atoms with Crippen molar-refractivity contribution in [2.45, 2.75) is 12.4 Å². The molecule has 0 heterocycles. The van der Waals surface area contributed by atoms with Crippen molar-refractivity contribution in [1.82, 2.24) is 0 Å². The number of nitrogens with zero attached hydrogens (tertiary/aromatic N) is 1. The van der Waals surface area contributed by atoms with Crippen molar-refractivity contribution in [3.63, 3.8) is 0 Å². The normalized spacial score (nSPS) is 12.3. The smallest absolute Gasteiger partial charge is 0.376 e. The van der Waals surface area contributed by atoms with Crippen LogP contribution in [-0.2, 0) is 6.18 Å². The number of nitro groups is 1. The number of alkyl halides is 6. The average molecular weight is 288 g/mol. The number of benzene rings is 1. The fourth-order valence-electron chi connectivity index (χ4n) is 1.23. The minimum absolute atomic E-state index is 0.179. The molecule has 0 unspecified atom stereocenters. The number of non-ortho nitro benzene ring substituents is 1. The zero-order valence-corrected chi connectivity index (χ0v) is 8.97. The van der Waals surface area contributed by atoms with Gasteiger partial charge in [-0.05, 0) is 6.07 Å². The van der Waals surface area contributed by atoms with E-state index in [0.29, 0.717) is 12.1 Å². The molecule has 10 heteroatoms. The quantitative estimate of drug-likeness (QED) is 0.525. The topological polar surface area (TPSA) is 55.2 Å². The molecule has 0 aliphatic rings. The number of nitro benzene ring substituents is 1. The Hall–Kier alpha value is -2.00. The van der Waals surface area contributed by atoms with Crippen LogP contribution in [0.4, 0.5) is 37.7 Å². The molecule has 1 aromatic carbocycles. The Morgan fingerprint density at radius 2 is 1.74 bits per heavy atom. The van der Waals surface area contributed by atoms with Gasteiger partial charge in [0, 0.05) is 17.8 Å². The molecule has 106 valence electrons. The Morgan fingerprint density at radius 3 is 2.16 bits per heavy atom. The van der Waals surface area contributed by atoms with Crippen molar-refractivity contribution in [1.29, 1.82) is 0 Å². The van der Waals surface area contributed by atoms with Crippen LogP contribution < -0.4 is 5.32 Å². The first-order chi connectivity index (χ1) is 8.50. The Morgan fingerprint density at radius 1 is 1.16 bits per heavy atom. The van der Waals surface area contributed by atoms with Gasteiger partial charge >= 0.3 is 12.4 Å². The third-order valence-electron chi connectivity index (χ3n) is 2.00. The summed E-state index contributed by atoms with van der Waals surface area (Å²) in [4.78, 5) is 9.28. The highest BCUT2D eigenvalue weighted by atomic mass is 19.4. The van der Waals surface area contributed by atoms with Gasteiger partial charge in [0.25, 0.3) is 5.69 Å². The predicted molar refractivity (Wildman–Crippen MR) is 52.6 cm³/mol. The summed E-state index contributed by atoms with van der Waals surface area (Å²) in [6, 6.07) is 1.46. The standard InChI is InChI=1S/C9H6F6N2O2/c10-8(11,12)4-16-7-2-1-5(17(18)19)3-6(7)9(13,14)15/h1-3,16H,4H2. The van der Waals surface area contributed by atoms with Crippen LogP contribution in [-0.4, -0.2) is 17.6 Å². The number of rotatable bonds is 3. The Labute approximate surface area is 102 Å². The van der Waals surface area contributed by atoms with E-state index in [1.807, 2.05) is 0 Å². The van der Waals surface area contributed by atoms with Crippen LogP contribution >= 0.6 is 0 Å². The molecule has 0 bridgehead atoms. The third kappa shape index (κ3) is 4.30. The first-order valence-corrected chi connectivity index (χ1v) is 4.67. The maximum atomic E-state index is 12.6. The first-order valence-electron chi connectivity index (χ1n) is 4.67. The molecule has 0 saturated heterocycles. The Balaban J connectivity index is 3.13. The lowest BCUT2D eigenvalue weighted by atomic mass is 10.1. The molecule has 1 aromatic rings. The highest BCUT2D eigenvalue weighted by molar-refractivity contribution is 5.57. The van der Waals surface area contributed by atoms with Crippen LogP contribution in [0.15, 0.2) is 18.2 Å². The summed E-state index contributed by atoms with van der Waals surface area (Å²) < 4.78 is 73.5. The second kappa shape index (κ2) is 4.94. The lowest BCUT2D eigenvalue weighted by Gasteiger charge is -2.15. The van der Waals surface area contributed by atoms with Crippen LogP contribution in [0.5, 0.6) is 0 Å². The molecule has 1 rings (SSSR count). The van der Waals surface area contributed by atoms with Gasteiger partial charge in [0.2, 0.25) is 0 Å². The van der Waals surface area contributed by atoms with Gasteiger partial charge in [-0.25, -0.2) is 0 Å². The Bertz CT molecular complexity index is 483. The third-order valence-corrected chi connectivity index (χ3v) is 2.00. The first kappa shape index (κ1) is 15.1. The van der Waals surface area contributed by atoms with Crippen LogP contribution in [0, 0.1) is 10.1 Å². The van der Waals surface area contributed by atoms with Gasteiger partial charge in [-0.3, -0.25) is 10.1 Å². The van der Waals surface area contributed by atoms with Crippen LogP contribution in [0.1, 0.15) is 5.56 Å². The predicted octanol–water partition coefficient (Wildman–Crippen LogP) is 3.59. The average Bonchev–Trinajstić information content (AvgIpc) is 2.23. The highest BCUT2D eigenvalue weighted by Crippen LogP contribution is 2.37. The summed E-state index contributed by atoms with van der Waals surface area (Å²) in [6.45, 7) is -1.67. The molecule has 0 aromatic heterocycles. The second-order valence-electron chi connectivity index (χ2n) is 3.45. The zero-order valence-electron chi connectivity index (χ0n) is 8.97. The van der Waals surface area contributed by atoms with E-state index in [1.165, 1.54) is 0 Å². The Kier molecular flexibility index (Phi) is 3.91. The zero-order chi connectivity index (χ0) is 14.8. The molecule has 0 aliphatic carbocycles. The molecule has 0 aliphatic heterocycles. The maximum absolute atomic E-state index is 12.6. The van der Waals surface area contributed by atoms with E-state index in [2.05, 4.69) is 0 Å². The SMILES string of the molecule is O=[N+]([O-])c1ccc(NCC(F)(F)F)c(C(F)(F)F)c1. The van der Waals surface area contributed by atoms with Gasteiger partial charge < -0.3 is 5.32 Å². The van der Waals surface area contributed by atoms with E-state index in [-0.39, 0.29) is 6.07 Å². The number of halogens is 6. The summed E-state index contributed by atoms with van der Waals surface area (Å²) >= 11 is 0. The maximum Gasteiger partial charge on any atom is 0.418 e. The molecule has 0 saturated carbocycles. The lowest BCUT2D eigenvalue weighted by Crippen LogP contribution is -2.23. The minimum Gasteiger partial charge on any atom is -0.376 e. The second-order valence-corrected chi connectivity index (χ2v) is 3.45. The van der Waals surface area contributed by atoms with Crippen molar-refractivity contribution in [2.75, 3.05) is 11.9 Å². The molecule has 0 atom stereocenters. The summed E-state index contributed by atoms with van der Waals surface area (Å²) in [7, 11) is 0. The molecular weight excluding hydrogens is 282 g/mol. The number of hydrogen-bond acceptors (Lipinski definition) is 3. The molecule has 4 nitrogen and oxygen atoms in total. The number of anilines is 1. The van der Waals surface area contributed by atoms with Gasteiger partial charge in [-0.2, -0.15) is 26.3 Å². The summed E-state index contributed by atoms with van der Waals surface area (Å²) in [5, 5.41) is 11.9. The largest absolute Gasteiger partial charge is 0.418 e. The van der Waals surface area contributed by atoms with E-state index in [4.69, 9.17) is 0 Å². The van der Waals surface area contributed by atoms with Gasteiger partial charge in [-0.15, -0.1) is 0 Å². The van der Waals surface area contributed by atoms with Gasteiger partial charge in [-0.1, -0.05) is 0 Å². The highest BCUT2D eigenvalue weighted by Gasteiger charge is 2.36. The molecular formula is C9H6F6N2O2. The van der Waals surface area contributed by atoms with E-state index >= 15 is 0 Å². The molecule has 0 radical (unpaired) electrons. The minimum atomic E-state index is -5.00. The monoisotopic (exact) mass is 288 g/mol. The van der Waals surface area contributed by atoms with E-state index < -0.39 is 40.8 Å². The van der Waals surface area contributed by atoms with Crippen molar-refractivity contribution >= 4 is 11.4 Å². The van der Waals surface area contributed by atoms with Gasteiger partial charge in [0.15, 0.2) is 0 Å². The fraction of sp³-hybridized carbons (Fsp3) is 0.333. The van der Waals surface area contributed by atoms with Crippen LogP contribution in [0.2, 0.25) is 0 Å². The van der Waals surface area contributed by atoms with Gasteiger partial charge in [0.1, 0.15) is 6.54 Å². The van der Waals surface area contributed by atoms with Crippen molar-refractivity contribution in [2.24, 2.45) is 0 Å². The van der Waals surface area contributed by atoms with Crippen molar-refractivity contribution in [3.8, 4) is 0 Å². The van der Waals surface area contributed by atoms with Crippen molar-refractivity contribution in [3.05, 3.63) is 33.9 Å². The summed E-state index contributed by atoms with van der Waals surface area (Å²) in [6.07, 6.45) is -9.70. The fourth-order valence-corrected chi connectivity index (χ4v) is 1.23. The number of hydrogen-bond donors (Lipinski definition) is 1. The molecule has 19 heavy (non-hydrogen) atoms. The van der Waals surface area contributed by atoms with E-state index in [1.54, 1.807) is 5.32 Å². The molecule has 0 spiro atoms. The molecule has 1 N–H and O–H groups in total. The van der Waals surface area contributed by atoms with Crippen LogP contribution in [0.25, 0.3) is 0 Å². The summed E-state index contributed by atoms with van der Waals surface area (Å²) in [5.74, 6) is 0. The van der Waals surface area contributed by atoms with E-state index in [0.717, 1.165) is 0 Å². The summed E-state index contributed by atoms with van der Waals surface area (Å²) in [5.41, 5.74) is -3.24.